The van der Waals surface area contributed by atoms with Crippen LogP contribution >= 0.6 is 23.8 Å². The van der Waals surface area contributed by atoms with E-state index < -0.39 is 4.92 Å². The molecule has 0 bridgehead atoms. The Bertz CT molecular complexity index is 874. The maximum absolute atomic E-state index is 11.7. The zero-order valence-corrected chi connectivity index (χ0v) is 16.9. The third kappa shape index (κ3) is 6.67. The van der Waals surface area contributed by atoms with Gasteiger partial charge in [-0.2, -0.15) is 0 Å². The van der Waals surface area contributed by atoms with Gasteiger partial charge in [-0.05, 0) is 49.8 Å². The molecule has 4 N–H and O–H groups in total. The van der Waals surface area contributed by atoms with Gasteiger partial charge in [0.15, 0.2) is 5.11 Å². The van der Waals surface area contributed by atoms with Crippen molar-refractivity contribution >= 4 is 52.0 Å². The monoisotopic (exact) mass is 421 g/mol. The number of halogens is 1. The van der Waals surface area contributed by atoms with Crippen molar-refractivity contribution in [2.75, 3.05) is 10.6 Å². The number of hydrogen-bond acceptors (Lipinski definition) is 4. The molecule has 8 nitrogen and oxygen atoms in total. The summed E-state index contributed by atoms with van der Waals surface area (Å²) >= 11 is 11.3. The second-order valence-electron chi connectivity index (χ2n) is 6.18. The van der Waals surface area contributed by atoms with Crippen LogP contribution in [0, 0.1) is 10.1 Å². The smallest absolute Gasteiger partial charge is 0.319 e. The van der Waals surface area contributed by atoms with E-state index in [0.717, 1.165) is 5.56 Å². The molecule has 2 aromatic carbocycles. The number of carbonyl (C=O) groups excluding carboxylic acids is 1. The van der Waals surface area contributed by atoms with Gasteiger partial charge in [0.05, 0.1) is 15.6 Å². The van der Waals surface area contributed by atoms with E-state index in [4.69, 9.17) is 23.8 Å². The highest BCUT2D eigenvalue weighted by atomic mass is 35.5. The number of amides is 2. The molecule has 0 spiro atoms. The first-order valence-electron chi connectivity index (χ1n) is 8.40. The molecule has 0 aliphatic rings. The first kappa shape index (κ1) is 21.4. The van der Waals surface area contributed by atoms with Crippen molar-refractivity contribution in [2.24, 2.45) is 0 Å². The SMILES string of the molecule is CC(C)NC(=O)Nc1ccc(CNC(=S)Nc2cc([N+](=O)[O-])ccc2Cl)cc1. The van der Waals surface area contributed by atoms with E-state index in [1.165, 1.54) is 18.2 Å². The summed E-state index contributed by atoms with van der Waals surface area (Å²) in [5.41, 5.74) is 1.87. The molecule has 0 saturated carbocycles. The van der Waals surface area contributed by atoms with Crippen LogP contribution in [0.4, 0.5) is 21.9 Å². The predicted octanol–water partition coefficient (Wildman–Crippen LogP) is 4.26. The summed E-state index contributed by atoms with van der Waals surface area (Å²) in [5.74, 6) is 0. The van der Waals surface area contributed by atoms with Gasteiger partial charge in [0, 0.05) is 30.4 Å². The van der Waals surface area contributed by atoms with E-state index in [2.05, 4.69) is 21.3 Å². The number of thiocarbonyl (C=S) groups is 1. The van der Waals surface area contributed by atoms with Crippen molar-refractivity contribution in [3.8, 4) is 0 Å². The Morgan fingerprint density at radius 1 is 1.18 bits per heavy atom. The summed E-state index contributed by atoms with van der Waals surface area (Å²) < 4.78 is 0. The number of hydrogen-bond donors (Lipinski definition) is 4. The van der Waals surface area contributed by atoms with Crippen LogP contribution < -0.4 is 21.3 Å². The van der Waals surface area contributed by atoms with Gasteiger partial charge in [-0.3, -0.25) is 10.1 Å². The first-order chi connectivity index (χ1) is 13.2. The zero-order valence-electron chi connectivity index (χ0n) is 15.3. The van der Waals surface area contributed by atoms with Crippen LogP contribution in [0.15, 0.2) is 42.5 Å². The maximum atomic E-state index is 11.7. The molecule has 0 aromatic heterocycles. The highest BCUT2D eigenvalue weighted by Gasteiger charge is 2.11. The topological polar surface area (TPSA) is 108 Å². The number of urea groups is 1. The summed E-state index contributed by atoms with van der Waals surface area (Å²) in [4.78, 5) is 22.0. The summed E-state index contributed by atoms with van der Waals surface area (Å²) in [6.45, 7) is 4.19. The normalized spacial score (nSPS) is 10.3. The molecule has 0 fully saturated rings. The fraction of sp³-hybridized carbons (Fsp3) is 0.222. The van der Waals surface area contributed by atoms with Gasteiger partial charge in [0.1, 0.15) is 0 Å². The standard InChI is InChI=1S/C18H20ClN5O3S/c1-11(2)21-17(25)22-13-5-3-12(4-6-13)10-20-18(28)23-16-9-14(24(26)27)7-8-15(16)19/h3-9,11H,10H2,1-2H3,(H2,20,23,28)(H2,21,22,25). The number of non-ortho nitro benzene ring substituents is 1. The van der Waals surface area contributed by atoms with Crippen LogP contribution in [0.3, 0.4) is 0 Å². The van der Waals surface area contributed by atoms with Crippen molar-refractivity contribution in [3.05, 3.63) is 63.2 Å². The second kappa shape index (κ2) is 9.86. The Morgan fingerprint density at radius 2 is 1.86 bits per heavy atom. The van der Waals surface area contributed by atoms with E-state index in [0.29, 0.717) is 22.9 Å². The van der Waals surface area contributed by atoms with E-state index in [1.807, 2.05) is 26.0 Å². The molecule has 0 radical (unpaired) electrons. The van der Waals surface area contributed by atoms with Crippen molar-refractivity contribution in [3.63, 3.8) is 0 Å². The Balaban J connectivity index is 1.88. The van der Waals surface area contributed by atoms with Gasteiger partial charge in [-0.25, -0.2) is 4.79 Å². The maximum Gasteiger partial charge on any atom is 0.319 e. The number of carbonyl (C=O) groups is 1. The highest BCUT2D eigenvalue weighted by Crippen LogP contribution is 2.26. The molecule has 28 heavy (non-hydrogen) atoms. The average molecular weight is 422 g/mol. The lowest BCUT2D eigenvalue weighted by Crippen LogP contribution is -2.34. The van der Waals surface area contributed by atoms with Crippen LogP contribution in [-0.2, 0) is 6.54 Å². The summed E-state index contributed by atoms with van der Waals surface area (Å²) in [7, 11) is 0. The summed E-state index contributed by atoms with van der Waals surface area (Å²) in [5, 5.41) is 22.8. The highest BCUT2D eigenvalue weighted by molar-refractivity contribution is 7.80. The number of nitrogens with zero attached hydrogens (tertiary/aromatic N) is 1. The molecule has 148 valence electrons. The molecule has 0 heterocycles. The Hall–Kier alpha value is -2.91. The van der Waals surface area contributed by atoms with E-state index >= 15 is 0 Å². The third-order valence-electron chi connectivity index (χ3n) is 3.49. The Labute approximate surface area is 172 Å². The number of rotatable bonds is 6. The van der Waals surface area contributed by atoms with E-state index in [9.17, 15) is 14.9 Å². The second-order valence-corrected chi connectivity index (χ2v) is 6.99. The quantitative estimate of drug-likeness (QED) is 0.315. The lowest BCUT2D eigenvalue weighted by Gasteiger charge is -2.13. The third-order valence-corrected chi connectivity index (χ3v) is 4.07. The molecular weight excluding hydrogens is 402 g/mol. The van der Waals surface area contributed by atoms with Gasteiger partial charge in [0.25, 0.3) is 5.69 Å². The van der Waals surface area contributed by atoms with Gasteiger partial charge in [0.2, 0.25) is 0 Å². The molecule has 2 rings (SSSR count). The molecule has 0 aliphatic heterocycles. The van der Waals surface area contributed by atoms with Crippen molar-refractivity contribution in [1.82, 2.24) is 10.6 Å². The van der Waals surface area contributed by atoms with Crippen LogP contribution in [0.25, 0.3) is 0 Å². The van der Waals surface area contributed by atoms with Crippen molar-refractivity contribution in [1.29, 1.82) is 0 Å². The van der Waals surface area contributed by atoms with E-state index in [1.54, 1.807) is 12.1 Å². The van der Waals surface area contributed by atoms with Crippen LogP contribution in [0.5, 0.6) is 0 Å². The molecule has 0 saturated heterocycles. The van der Waals surface area contributed by atoms with Gasteiger partial charge in [-0.15, -0.1) is 0 Å². The van der Waals surface area contributed by atoms with Crippen LogP contribution in [-0.4, -0.2) is 22.1 Å². The first-order valence-corrected chi connectivity index (χ1v) is 9.18. The van der Waals surface area contributed by atoms with Gasteiger partial charge < -0.3 is 21.3 Å². The molecule has 0 aliphatic carbocycles. The number of nitro benzene ring substituents is 1. The van der Waals surface area contributed by atoms with E-state index in [-0.39, 0.29) is 22.9 Å². The molecular formula is C18H20ClN5O3S. The minimum Gasteiger partial charge on any atom is -0.358 e. The molecule has 0 atom stereocenters. The number of anilines is 2. The lowest BCUT2D eigenvalue weighted by molar-refractivity contribution is -0.384. The largest absolute Gasteiger partial charge is 0.358 e. The molecule has 2 amide bonds. The van der Waals surface area contributed by atoms with Crippen LogP contribution in [0.1, 0.15) is 19.4 Å². The average Bonchev–Trinajstić information content (AvgIpc) is 2.62. The Morgan fingerprint density at radius 3 is 2.46 bits per heavy atom. The number of nitro groups is 1. The molecule has 2 aromatic rings. The fourth-order valence-corrected chi connectivity index (χ4v) is 2.55. The minimum absolute atomic E-state index is 0.0524. The van der Waals surface area contributed by atoms with Crippen molar-refractivity contribution < 1.29 is 9.72 Å². The molecule has 10 heteroatoms. The minimum atomic E-state index is -0.505. The van der Waals surface area contributed by atoms with Gasteiger partial charge >= 0.3 is 6.03 Å². The number of benzene rings is 2. The number of nitrogens with one attached hydrogen (secondary N) is 4. The Kier molecular flexibility index (Phi) is 7.53. The predicted molar refractivity (Wildman–Crippen MR) is 115 cm³/mol. The summed E-state index contributed by atoms with van der Waals surface area (Å²) in [6.07, 6.45) is 0. The van der Waals surface area contributed by atoms with Crippen molar-refractivity contribution in [2.45, 2.75) is 26.4 Å². The fourth-order valence-electron chi connectivity index (χ4n) is 2.21. The van der Waals surface area contributed by atoms with Gasteiger partial charge in [-0.1, -0.05) is 23.7 Å². The van der Waals surface area contributed by atoms with Crippen LogP contribution in [0.2, 0.25) is 5.02 Å². The zero-order chi connectivity index (χ0) is 20.7. The summed E-state index contributed by atoms with van der Waals surface area (Å²) in [6, 6.07) is 11.1. The molecule has 0 unspecified atom stereocenters. The lowest BCUT2D eigenvalue weighted by atomic mass is 10.2.